The van der Waals surface area contributed by atoms with Gasteiger partial charge in [0.2, 0.25) is 0 Å². The fourth-order valence-corrected chi connectivity index (χ4v) is 2.55. The van der Waals surface area contributed by atoms with Crippen molar-refractivity contribution >= 4 is 5.82 Å². The van der Waals surface area contributed by atoms with Crippen LogP contribution in [0.4, 0.5) is 14.6 Å². The van der Waals surface area contributed by atoms with Crippen LogP contribution < -0.4 is 5.73 Å². The number of nitrogens with zero attached hydrogens (tertiary/aromatic N) is 4. The Morgan fingerprint density at radius 3 is 2.50 bits per heavy atom. The Kier molecular flexibility index (Phi) is 3.48. The van der Waals surface area contributed by atoms with E-state index in [1.165, 1.54) is 12.1 Å². The fourth-order valence-electron chi connectivity index (χ4n) is 2.55. The number of aromatic nitrogens is 4. The molecule has 2 N–H and O–H groups in total. The second kappa shape index (κ2) is 5.67. The molecule has 0 unspecified atom stereocenters. The Morgan fingerprint density at radius 2 is 1.83 bits per heavy atom. The lowest BCUT2D eigenvalue weighted by Gasteiger charge is -2.07. The predicted octanol–water partition coefficient (Wildman–Crippen LogP) is 3.86. The molecule has 0 saturated heterocycles. The van der Waals surface area contributed by atoms with Crippen LogP contribution in [0.5, 0.6) is 0 Å². The highest BCUT2D eigenvalue weighted by molar-refractivity contribution is 5.72. The van der Waals surface area contributed by atoms with E-state index < -0.39 is 6.43 Å². The standard InChI is InChI=1S/C17H15F2N5/c18-16(19)11-3-1-10(2-4-11)14-8-21-17(20)15(23-14)12-7-22-24(9-12)13-5-6-13/h1-4,7-9,13,16H,5-6H2,(H2,20,21). The lowest BCUT2D eigenvalue weighted by molar-refractivity contribution is 0.151. The molecule has 1 fully saturated rings. The number of benzene rings is 1. The molecule has 5 nitrogen and oxygen atoms in total. The maximum atomic E-state index is 12.7. The van der Waals surface area contributed by atoms with E-state index in [0.29, 0.717) is 28.8 Å². The molecule has 1 saturated carbocycles. The molecule has 1 aliphatic rings. The Hall–Kier alpha value is -2.83. The maximum Gasteiger partial charge on any atom is 0.263 e. The van der Waals surface area contributed by atoms with Gasteiger partial charge in [0.15, 0.2) is 0 Å². The van der Waals surface area contributed by atoms with Crippen LogP contribution >= 0.6 is 0 Å². The third kappa shape index (κ3) is 2.73. The van der Waals surface area contributed by atoms with E-state index in [1.54, 1.807) is 24.5 Å². The fraction of sp³-hybridized carbons (Fsp3) is 0.235. The Labute approximate surface area is 137 Å². The zero-order valence-electron chi connectivity index (χ0n) is 12.7. The van der Waals surface area contributed by atoms with Crippen molar-refractivity contribution < 1.29 is 8.78 Å². The van der Waals surface area contributed by atoms with Gasteiger partial charge in [-0.05, 0) is 12.8 Å². The average molecular weight is 327 g/mol. The molecule has 1 aliphatic carbocycles. The van der Waals surface area contributed by atoms with Gasteiger partial charge in [-0.15, -0.1) is 0 Å². The zero-order chi connectivity index (χ0) is 16.7. The van der Waals surface area contributed by atoms with E-state index in [4.69, 9.17) is 5.73 Å². The molecule has 0 atom stereocenters. The van der Waals surface area contributed by atoms with Crippen molar-refractivity contribution in [3.05, 3.63) is 48.4 Å². The van der Waals surface area contributed by atoms with Gasteiger partial charge in [-0.2, -0.15) is 5.10 Å². The van der Waals surface area contributed by atoms with Gasteiger partial charge >= 0.3 is 0 Å². The third-order valence-electron chi connectivity index (χ3n) is 4.06. The number of nitrogen functional groups attached to an aromatic ring is 1. The number of halogens is 2. The summed E-state index contributed by atoms with van der Waals surface area (Å²) in [4.78, 5) is 8.74. The van der Waals surface area contributed by atoms with Crippen molar-refractivity contribution in [1.29, 1.82) is 0 Å². The first-order valence-corrected chi connectivity index (χ1v) is 7.67. The minimum absolute atomic E-state index is 0.0203. The van der Waals surface area contributed by atoms with E-state index in [-0.39, 0.29) is 5.56 Å². The van der Waals surface area contributed by atoms with Gasteiger partial charge in [0, 0.05) is 22.9 Å². The highest BCUT2D eigenvalue weighted by Gasteiger charge is 2.25. The van der Waals surface area contributed by atoms with Gasteiger partial charge in [-0.1, -0.05) is 24.3 Å². The molecule has 3 aromatic rings. The van der Waals surface area contributed by atoms with Crippen LogP contribution in [-0.4, -0.2) is 19.7 Å². The molecule has 122 valence electrons. The minimum Gasteiger partial charge on any atom is -0.382 e. The van der Waals surface area contributed by atoms with Crippen molar-refractivity contribution in [3.63, 3.8) is 0 Å². The molecule has 0 radical (unpaired) electrons. The average Bonchev–Trinajstić information content (AvgIpc) is 3.33. The minimum atomic E-state index is -2.49. The molecule has 0 aliphatic heterocycles. The number of nitrogens with two attached hydrogens (primary N) is 1. The number of hydrogen-bond acceptors (Lipinski definition) is 4. The van der Waals surface area contributed by atoms with Crippen molar-refractivity contribution in [2.75, 3.05) is 5.73 Å². The normalized spacial score (nSPS) is 14.3. The highest BCUT2D eigenvalue weighted by atomic mass is 19.3. The molecule has 7 heteroatoms. The summed E-state index contributed by atoms with van der Waals surface area (Å²) in [6.45, 7) is 0. The first-order chi connectivity index (χ1) is 11.6. The summed E-state index contributed by atoms with van der Waals surface area (Å²) in [5.41, 5.74) is 8.58. The van der Waals surface area contributed by atoms with E-state index in [1.807, 2.05) is 10.9 Å². The monoisotopic (exact) mass is 327 g/mol. The summed E-state index contributed by atoms with van der Waals surface area (Å²) >= 11 is 0. The van der Waals surface area contributed by atoms with E-state index in [0.717, 1.165) is 18.4 Å². The van der Waals surface area contributed by atoms with Gasteiger partial charge < -0.3 is 5.73 Å². The van der Waals surface area contributed by atoms with Crippen LogP contribution in [0.15, 0.2) is 42.9 Å². The van der Waals surface area contributed by atoms with Crippen LogP contribution in [0.2, 0.25) is 0 Å². The molecular formula is C17H15F2N5. The molecule has 0 amide bonds. The predicted molar refractivity (Wildman–Crippen MR) is 86.3 cm³/mol. The van der Waals surface area contributed by atoms with Crippen LogP contribution in [0.1, 0.15) is 30.9 Å². The number of anilines is 1. The summed E-state index contributed by atoms with van der Waals surface area (Å²) in [6, 6.07) is 6.47. The topological polar surface area (TPSA) is 69.6 Å². The van der Waals surface area contributed by atoms with Crippen LogP contribution in [-0.2, 0) is 0 Å². The van der Waals surface area contributed by atoms with E-state index >= 15 is 0 Å². The molecule has 1 aromatic carbocycles. The quantitative estimate of drug-likeness (QED) is 0.790. The number of rotatable bonds is 4. The lowest BCUT2D eigenvalue weighted by Crippen LogP contribution is -1.98. The van der Waals surface area contributed by atoms with Gasteiger partial charge in [0.1, 0.15) is 11.5 Å². The molecule has 0 spiro atoms. The molecule has 2 heterocycles. The van der Waals surface area contributed by atoms with Gasteiger partial charge in [-0.3, -0.25) is 4.68 Å². The largest absolute Gasteiger partial charge is 0.382 e. The van der Waals surface area contributed by atoms with Crippen LogP contribution in [0.3, 0.4) is 0 Å². The first kappa shape index (κ1) is 14.7. The van der Waals surface area contributed by atoms with Crippen LogP contribution in [0, 0.1) is 0 Å². The maximum absolute atomic E-state index is 12.7. The molecule has 24 heavy (non-hydrogen) atoms. The van der Waals surface area contributed by atoms with E-state index in [9.17, 15) is 8.78 Å². The molecule has 2 aromatic heterocycles. The lowest BCUT2D eigenvalue weighted by atomic mass is 10.1. The second-order valence-electron chi connectivity index (χ2n) is 5.85. The van der Waals surface area contributed by atoms with Crippen LogP contribution in [0.25, 0.3) is 22.5 Å². The zero-order valence-corrected chi connectivity index (χ0v) is 12.7. The summed E-state index contributed by atoms with van der Waals surface area (Å²) in [5.74, 6) is 0.318. The van der Waals surface area contributed by atoms with Crippen molar-refractivity contribution in [2.24, 2.45) is 0 Å². The molecular weight excluding hydrogens is 312 g/mol. The van der Waals surface area contributed by atoms with Crippen molar-refractivity contribution in [1.82, 2.24) is 19.7 Å². The van der Waals surface area contributed by atoms with Gasteiger partial charge in [0.25, 0.3) is 6.43 Å². The Balaban J connectivity index is 1.69. The highest BCUT2D eigenvalue weighted by Crippen LogP contribution is 2.35. The molecule has 4 rings (SSSR count). The summed E-state index contributed by atoms with van der Waals surface area (Å²) < 4.78 is 27.2. The SMILES string of the molecule is Nc1ncc(-c2ccc(C(F)F)cc2)nc1-c1cnn(C2CC2)c1. The molecule has 0 bridgehead atoms. The number of alkyl halides is 2. The third-order valence-corrected chi connectivity index (χ3v) is 4.06. The second-order valence-corrected chi connectivity index (χ2v) is 5.85. The number of hydrogen-bond donors (Lipinski definition) is 1. The van der Waals surface area contributed by atoms with Crippen molar-refractivity contribution in [3.8, 4) is 22.5 Å². The van der Waals surface area contributed by atoms with Gasteiger partial charge in [0.05, 0.1) is 24.1 Å². The van der Waals surface area contributed by atoms with E-state index in [2.05, 4.69) is 15.1 Å². The first-order valence-electron chi connectivity index (χ1n) is 7.67. The Bertz CT molecular complexity index is 869. The summed E-state index contributed by atoms with van der Waals surface area (Å²) in [7, 11) is 0. The smallest absolute Gasteiger partial charge is 0.263 e. The Morgan fingerprint density at radius 1 is 1.08 bits per heavy atom. The summed E-state index contributed by atoms with van der Waals surface area (Å²) in [6.07, 6.45) is 4.98. The summed E-state index contributed by atoms with van der Waals surface area (Å²) in [5, 5.41) is 4.34. The van der Waals surface area contributed by atoms with Crippen molar-refractivity contribution in [2.45, 2.75) is 25.3 Å². The van der Waals surface area contributed by atoms with Gasteiger partial charge in [-0.25, -0.2) is 18.7 Å².